The number of nitrogens with zero attached hydrogens (tertiary/aromatic N) is 2. The van der Waals surface area contributed by atoms with Crippen LogP contribution >= 0.6 is 0 Å². The Labute approximate surface area is 158 Å². The lowest BCUT2D eigenvalue weighted by Gasteiger charge is -2.11. The molecular formula is C21H22N4O2. The summed E-state index contributed by atoms with van der Waals surface area (Å²) in [6.45, 7) is 3.96. The molecule has 0 saturated carbocycles. The van der Waals surface area contributed by atoms with E-state index in [9.17, 15) is 4.79 Å². The van der Waals surface area contributed by atoms with Gasteiger partial charge in [0.05, 0.1) is 12.7 Å². The predicted octanol–water partition coefficient (Wildman–Crippen LogP) is 4.62. The molecule has 0 fully saturated rings. The summed E-state index contributed by atoms with van der Waals surface area (Å²) in [5, 5.41) is 6.51. The lowest BCUT2D eigenvalue weighted by Crippen LogP contribution is -2.04. The quantitative estimate of drug-likeness (QED) is 0.623. The van der Waals surface area contributed by atoms with Gasteiger partial charge >= 0.3 is 5.97 Å². The van der Waals surface area contributed by atoms with Gasteiger partial charge in [-0.15, -0.1) is 0 Å². The molecule has 0 aliphatic carbocycles. The Kier molecular flexibility index (Phi) is 5.66. The van der Waals surface area contributed by atoms with E-state index in [2.05, 4.69) is 39.7 Å². The maximum absolute atomic E-state index is 11.7. The molecule has 0 aliphatic heterocycles. The third kappa shape index (κ3) is 4.82. The number of ether oxygens (including phenoxy) is 1. The first-order valence-electron chi connectivity index (χ1n) is 8.74. The molecule has 0 atom stereocenters. The number of carbonyl (C=O) groups excluding carboxylic acids is 1. The smallest absolute Gasteiger partial charge is 0.337 e. The second kappa shape index (κ2) is 8.31. The second-order valence-corrected chi connectivity index (χ2v) is 6.06. The van der Waals surface area contributed by atoms with E-state index in [1.54, 1.807) is 18.2 Å². The van der Waals surface area contributed by atoms with E-state index < -0.39 is 0 Å². The molecular weight excluding hydrogens is 340 g/mol. The Balaban J connectivity index is 1.79. The van der Waals surface area contributed by atoms with Crippen molar-refractivity contribution in [2.24, 2.45) is 0 Å². The summed E-state index contributed by atoms with van der Waals surface area (Å²) in [5.74, 6) is 1.59. The highest BCUT2D eigenvalue weighted by molar-refractivity contribution is 5.90. The van der Waals surface area contributed by atoms with Crippen LogP contribution < -0.4 is 10.6 Å². The van der Waals surface area contributed by atoms with Crippen LogP contribution in [0.1, 0.15) is 28.7 Å². The van der Waals surface area contributed by atoms with Crippen LogP contribution in [0, 0.1) is 6.92 Å². The molecule has 6 nitrogen and oxygen atoms in total. The third-order valence-corrected chi connectivity index (χ3v) is 4.03. The molecule has 0 amide bonds. The first-order valence-corrected chi connectivity index (χ1v) is 8.74. The topological polar surface area (TPSA) is 76.1 Å². The molecule has 0 saturated heterocycles. The molecule has 3 rings (SSSR count). The van der Waals surface area contributed by atoms with Crippen molar-refractivity contribution in [3.8, 4) is 0 Å². The number of rotatable bonds is 6. The van der Waals surface area contributed by atoms with Gasteiger partial charge < -0.3 is 15.4 Å². The SMILES string of the molecule is CCc1ccc(Nc2cc(Nc3cccc(C(=O)OC)c3)nc(C)n2)cc1. The summed E-state index contributed by atoms with van der Waals surface area (Å²) in [7, 11) is 1.36. The Morgan fingerprint density at radius 2 is 1.63 bits per heavy atom. The van der Waals surface area contributed by atoms with Gasteiger partial charge in [-0.1, -0.05) is 25.1 Å². The number of aryl methyl sites for hydroxylation is 2. The van der Waals surface area contributed by atoms with Crippen LogP contribution in [0.2, 0.25) is 0 Å². The molecule has 2 N–H and O–H groups in total. The van der Waals surface area contributed by atoms with Crippen molar-refractivity contribution in [1.29, 1.82) is 0 Å². The number of hydrogen-bond acceptors (Lipinski definition) is 6. The standard InChI is InChI=1S/C21H22N4O2/c1-4-15-8-10-17(11-9-15)24-19-13-20(23-14(2)22-19)25-18-7-5-6-16(12-18)21(26)27-3/h5-13H,4H2,1-3H3,(H2,22,23,24,25). The molecule has 0 aliphatic rings. The van der Waals surface area contributed by atoms with Gasteiger partial charge in [0.15, 0.2) is 0 Å². The van der Waals surface area contributed by atoms with Gasteiger partial charge in [0, 0.05) is 17.4 Å². The van der Waals surface area contributed by atoms with Crippen LogP contribution in [0.15, 0.2) is 54.6 Å². The average molecular weight is 362 g/mol. The summed E-state index contributed by atoms with van der Waals surface area (Å²) in [4.78, 5) is 20.5. The van der Waals surface area contributed by atoms with Gasteiger partial charge in [0.2, 0.25) is 0 Å². The summed E-state index contributed by atoms with van der Waals surface area (Å²) in [5.41, 5.74) is 3.47. The molecule has 138 valence electrons. The minimum Gasteiger partial charge on any atom is -0.465 e. The van der Waals surface area contributed by atoms with E-state index in [0.29, 0.717) is 23.0 Å². The predicted molar refractivity (Wildman–Crippen MR) is 107 cm³/mol. The largest absolute Gasteiger partial charge is 0.465 e. The fourth-order valence-corrected chi connectivity index (χ4v) is 2.66. The highest BCUT2D eigenvalue weighted by Crippen LogP contribution is 2.21. The first kappa shape index (κ1) is 18.4. The minimum atomic E-state index is -0.379. The zero-order chi connectivity index (χ0) is 19.2. The summed E-state index contributed by atoms with van der Waals surface area (Å²) < 4.78 is 4.76. The third-order valence-electron chi connectivity index (χ3n) is 4.03. The molecule has 0 spiro atoms. The number of hydrogen-bond donors (Lipinski definition) is 2. The fourth-order valence-electron chi connectivity index (χ4n) is 2.66. The van der Waals surface area contributed by atoms with E-state index in [-0.39, 0.29) is 5.97 Å². The van der Waals surface area contributed by atoms with Crippen molar-refractivity contribution in [3.05, 3.63) is 71.5 Å². The highest BCUT2D eigenvalue weighted by atomic mass is 16.5. The molecule has 27 heavy (non-hydrogen) atoms. The van der Waals surface area contributed by atoms with Crippen molar-refractivity contribution in [2.75, 3.05) is 17.7 Å². The van der Waals surface area contributed by atoms with Crippen LogP contribution in [0.4, 0.5) is 23.0 Å². The van der Waals surface area contributed by atoms with E-state index in [4.69, 9.17) is 4.74 Å². The number of methoxy groups -OCH3 is 1. The second-order valence-electron chi connectivity index (χ2n) is 6.06. The number of carbonyl (C=O) groups is 1. The number of nitrogens with one attached hydrogen (secondary N) is 2. The van der Waals surface area contributed by atoms with Crippen molar-refractivity contribution in [3.63, 3.8) is 0 Å². The summed E-state index contributed by atoms with van der Waals surface area (Å²) in [6, 6.07) is 17.1. The number of aromatic nitrogens is 2. The number of anilines is 4. The Morgan fingerprint density at radius 1 is 0.963 bits per heavy atom. The Bertz CT molecular complexity index is 939. The van der Waals surface area contributed by atoms with Crippen molar-refractivity contribution < 1.29 is 9.53 Å². The highest BCUT2D eigenvalue weighted by Gasteiger charge is 2.07. The van der Waals surface area contributed by atoms with Crippen LogP contribution in [0.25, 0.3) is 0 Å². The first-order chi connectivity index (χ1) is 13.1. The van der Waals surface area contributed by atoms with Crippen molar-refractivity contribution >= 4 is 29.0 Å². The minimum absolute atomic E-state index is 0.379. The van der Waals surface area contributed by atoms with Gasteiger partial charge in [-0.2, -0.15) is 0 Å². The van der Waals surface area contributed by atoms with Gasteiger partial charge in [0.1, 0.15) is 17.5 Å². The maximum Gasteiger partial charge on any atom is 0.337 e. The molecule has 0 unspecified atom stereocenters. The van der Waals surface area contributed by atoms with Crippen LogP contribution in [0.3, 0.4) is 0 Å². The Morgan fingerprint density at radius 3 is 2.26 bits per heavy atom. The van der Waals surface area contributed by atoms with Gasteiger partial charge in [0.25, 0.3) is 0 Å². The van der Waals surface area contributed by atoms with Crippen molar-refractivity contribution in [1.82, 2.24) is 9.97 Å². The summed E-state index contributed by atoms with van der Waals surface area (Å²) >= 11 is 0. The van der Waals surface area contributed by atoms with E-state index in [1.165, 1.54) is 12.7 Å². The summed E-state index contributed by atoms with van der Waals surface area (Å²) in [6.07, 6.45) is 1.01. The lowest BCUT2D eigenvalue weighted by molar-refractivity contribution is 0.0601. The molecule has 1 aromatic heterocycles. The molecule has 6 heteroatoms. The number of esters is 1. The van der Waals surface area contributed by atoms with Crippen LogP contribution in [-0.2, 0) is 11.2 Å². The van der Waals surface area contributed by atoms with E-state index >= 15 is 0 Å². The normalized spacial score (nSPS) is 10.3. The van der Waals surface area contributed by atoms with Crippen LogP contribution in [-0.4, -0.2) is 23.0 Å². The molecule has 2 aromatic carbocycles. The fraction of sp³-hybridized carbons (Fsp3) is 0.190. The van der Waals surface area contributed by atoms with Crippen molar-refractivity contribution in [2.45, 2.75) is 20.3 Å². The van der Waals surface area contributed by atoms with Crippen LogP contribution in [0.5, 0.6) is 0 Å². The monoisotopic (exact) mass is 362 g/mol. The van der Waals surface area contributed by atoms with Gasteiger partial charge in [-0.05, 0) is 49.2 Å². The zero-order valence-electron chi connectivity index (χ0n) is 15.6. The lowest BCUT2D eigenvalue weighted by atomic mass is 10.1. The Hall–Kier alpha value is -3.41. The molecule has 0 bridgehead atoms. The molecule has 0 radical (unpaired) electrons. The van der Waals surface area contributed by atoms with Gasteiger partial charge in [-0.25, -0.2) is 14.8 Å². The van der Waals surface area contributed by atoms with E-state index in [1.807, 2.05) is 31.2 Å². The number of benzene rings is 2. The molecule has 3 aromatic rings. The molecule has 1 heterocycles. The van der Waals surface area contributed by atoms with E-state index in [0.717, 1.165) is 17.8 Å². The average Bonchev–Trinajstić information content (AvgIpc) is 2.67. The maximum atomic E-state index is 11.7. The van der Waals surface area contributed by atoms with Gasteiger partial charge in [-0.3, -0.25) is 0 Å². The zero-order valence-corrected chi connectivity index (χ0v) is 15.6.